The number of para-hydroxylation sites is 1. The Morgan fingerprint density at radius 2 is 2.03 bits per heavy atom. The van der Waals surface area contributed by atoms with Gasteiger partial charge in [-0.3, -0.25) is 4.79 Å². The second-order valence-electron chi connectivity index (χ2n) is 10.2. The number of methoxy groups -OCH3 is 1. The van der Waals surface area contributed by atoms with E-state index in [2.05, 4.69) is 48.3 Å². The molecule has 192 valence electrons. The maximum Gasteiger partial charge on any atom is 0.313 e. The van der Waals surface area contributed by atoms with Crippen molar-refractivity contribution in [3.05, 3.63) is 76.3 Å². The molecule has 3 aliphatic rings. The largest absolute Gasteiger partial charge is 0.488 e. The third-order valence-electron chi connectivity index (χ3n) is 8.11. The third kappa shape index (κ3) is 4.26. The highest BCUT2D eigenvalue weighted by molar-refractivity contribution is 5.77. The number of aryl methyl sites for hydroxylation is 1. The minimum Gasteiger partial charge on any atom is -0.488 e. The van der Waals surface area contributed by atoms with Crippen molar-refractivity contribution >= 4 is 11.8 Å². The van der Waals surface area contributed by atoms with E-state index in [1.165, 1.54) is 29.4 Å². The predicted molar refractivity (Wildman–Crippen MR) is 142 cm³/mol. The van der Waals surface area contributed by atoms with E-state index >= 15 is 0 Å². The van der Waals surface area contributed by atoms with Gasteiger partial charge in [0.1, 0.15) is 24.1 Å². The molecule has 0 amide bonds. The summed E-state index contributed by atoms with van der Waals surface area (Å²) in [6.45, 7) is 7.89. The van der Waals surface area contributed by atoms with E-state index in [0.29, 0.717) is 19.8 Å². The Balaban J connectivity index is 1.27. The number of esters is 1. The maximum absolute atomic E-state index is 12.3. The fraction of sp³-hybridized carbons (Fsp3) is 0.400. The Morgan fingerprint density at radius 1 is 1.16 bits per heavy atom. The molecule has 2 fully saturated rings. The van der Waals surface area contributed by atoms with Gasteiger partial charge >= 0.3 is 5.97 Å². The highest BCUT2D eigenvalue weighted by Crippen LogP contribution is 2.39. The Kier molecular flexibility index (Phi) is 6.34. The maximum atomic E-state index is 12.3. The van der Waals surface area contributed by atoms with Gasteiger partial charge in [-0.15, -0.1) is 0 Å². The minimum atomic E-state index is -0.274. The van der Waals surface area contributed by atoms with Crippen molar-refractivity contribution in [1.82, 2.24) is 10.3 Å². The highest BCUT2D eigenvalue weighted by atomic mass is 16.5. The first-order chi connectivity index (χ1) is 18.0. The van der Waals surface area contributed by atoms with Crippen LogP contribution in [0.3, 0.4) is 0 Å². The number of nitrogens with zero attached hydrogens (tertiary/aromatic N) is 2. The van der Waals surface area contributed by atoms with Crippen molar-refractivity contribution in [3.8, 4) is 17.0 Å². The predicted octanol–water partition coefficient (Wildman–Crippen LogP) is 3.97. The lowest BCUT2D eigenvalue weighted by molar-refractivity contribution is -0.146. The molecule has 0 radical (unpaired) electrons. The molecule has 3 atom stereocenters. The first kappa shape index (κ1) is 23.9. The number of aromatic nitrogens is 1. The molecule has 37 heavy (non-hydrogen) atoms. The molecule has 3 unspecified atom stereocenters. The van der Waals surface area contributed by atoms with E-state index < -0.39 is 0 Å². The summed E-state index contributed by atoms with van der Waals surface area (Å²) in [7, 11) is 1.44. The van der Waals surface area contributed by atoms with Gasteiger partial charge in [-0.2, -0.15) is 0 Å². The number of pyridine rings is 1. The van der Waals surface area contributed by atoms with E-state index in [1.54, 1.807) is 0 Å². The minimum absolute atomic E-state index is 0.0596. The fourth-order valence-electron chi connectivity index (χ4n) is 6.06. The third-order valence-corrected chi connectivity index (χ3v) is 8.11. The average molecular weight is 500 g/mol. The molecular formula is C30H33N3O4. The van der Waals surface area contributed by atoms with Crippen molar-refractivity contribution in [1.29, 1.82) is 0 Å². The van der Waals surface area contributed by atoms with E-state index in [-0.39, 0.29) is 24.0 Å². The molecule has 7 heteroatoms. The average Bonchev–Trinajstić information content (AvgIpc) is 3.52. The van der Waals surface area contributed by atoms with Crippen LogP contribution in [0.25, 0.3) is 11.3 Å². The SMILES string of the molecule is COC(=O)C1C2CN(c3cccc(-c4cccc(C)c4OCc4ccc5c(c4C)CCNC5)n3)C1CO2. The molecule has 1 N–H and O–H groups in total. The van der Waals surface area contributed by atoms with Crippen molar-refractivity contribution < 1.29 is 19.0 Å². The quantitative estimate of drug-likeness (QED) is 0.515. The zero-order valence-corrected chi connectivity index (χ0v) is 21.6. The van der Waals surface area contributed by atoms with Crippen LogP contribution in [0.4, 0.5) is 5.82 Å². The van der Waals surface area contributed by atoms with Crippen LogP contribution in [-0.2, 0) is 33.8 Å². The Labute approximate surface area is 217 Å². The summed E-state index contributed by atoms with van der Waals surface area (Å²) in [5.74, 6) is 1.21. The summed E-state index contributed by atoms with van der Waals surface area (Å²) in [5, 5.41) is 3.45. The van der Waals surface area contributed by atoms with Crippen LogP contribution < -0.4 is 15.0 Å². The van der Waals surface area contributed by atoms with Crippen molar-refractivity contribution in [3.63, 3.8) is 0 Å². The Morgan fingerprint density at radius 3 is 2.89 bits per heavy atom. The van der Waals surface area contributed by atoms with Gasteiger partial charge in [-0.1, -0.05) is 30.3 Å². The summed E-state index contributed by atoms with van der Waals surface area (Å²) in [5.41, 5.74) is 8.28. The standard InChI is InChI=1S/C30H33N3O4/c1-18-6-4-7-23(29(18)37-16-21-11-10-20-14-31-13-12-22(20)19(21)2)24-8-5-9-27(32-24)33-15-26-28(30(34)35-3)25(33)17-36-26/h4-11,25-26,28,31H,12-17H2,1-3H3. The summed E-state index contributed by atoms with van der Waals surface area (Å²) >= 11 is 0. The van der Waals surface area contributed by atoms with Crippen LogP contribution in [0, 0.1) is 19.8 Å². The first-order valence-corrected chi connectivity index (χ1v) is 13.0. The van der Waals surface area contributed by atoms with E-state index in [4.69, 9.17) is 19.2 Å². The first-order valence-electron chi connectivity index (χ1n) is 13.0. The van der Waals surface area contributed by atoms with Crippen LogP contribution in [0.2, 0.25) is 0 Å². The molecule has 1 aromatic heterocycles. The molecule has 0 aliphatic carbocycles. The van der Waals surface area contributed by atoms with Crippen LogP contribution in [0.5, 0.6) is 5.75 Å². The number of carbonyl (C=O) groups excluding carboxylic acids is 1. The summed E-state index contributed by atoms with van der Waals surface area (Å²) in [6, 6.07) is 16.6. The molecule has 0 spiro atoms. The number of nitrogens with one attached hydrogen (secondary N) is 1. The molecule has 4 heterocycles. The number of benzene rings is 2. The van der Waals surface area contributed by atoms with Crippen molar-refractivity contribution in [2.24, 2.45) is 5.92 Å². The zero-order chi connectivity index (χ0) is 25.5. The lowest BCUT2D eigenvalue weighted by Gasteiger charge is -2.28. The summed E-state index contributed by atoms with van der Waals surface area (Å²) in [4.78, 5) is 19.6. The van der Waals surface area contributed by atoms with Gasteiger partial charge in [0.2, 0.25) is 0 Å². The molecule has 2 aromatic carbocycles. The van der Waals surface area contributed by atoms with Gasteiger partial charge in [0.25, 0.3) is 0 Å². The van der Waals surface area contributed by atoms with Gasteiger partial charge in [0, 0.05) is 18.7 Å². The number of anilines is 1. The van der Waals surface area contributed by atoms with Crippen LogP contribution in [0.1, 0.15) is 27.8 Å². The Hall–Kier alpha value is -3.42. The molecular weight excluding hydrogens is 466 g/mol. The van der Waals surface area contributed by atoms with E-state index in [9.17, 15) is 4.79 Å². The van der Waals surface area contributed by atoms with Gasteiger partial charge in [-0.05, 0) is 72.8 Å². The molecule has 7 nitrogen and oxygen atoms in total. The molecule has 0 saturated carbocycles. The molecule has 6 rings (SSSR count). The van der Waals surface area contributed by atoms with Crippen LogP contribution >= 0.6 is 0 Å². The van der Waals surface area contributed by atoms with Crippen molar-refractivity contribution in [2.75, 3.05) is 31.7 Å². The molecule has 2 bridgehead atoms. The number of fused-ring (bicyclic) bond motifs is 3. The molecule has 3 aromatic rings. The van der Waals surface area contributed by atoms with Gasteiger partial charge < -0.3 is 24.4 Å². The van der Waals surface area contributed by atoms with Crippen LogP contribution in [-0.4, -0.2) is 49.9 Å². The monoisotopic (exact) mass is 499 g/mol. The summed E-state index contributed by atoms with van der Waals surface area (Å²) in [6.07, 6.45) is 0.901. The Bertz CT molecular complexity index is 1340. The second-order valence-corrected chi connectivity index (χ2v) is 10.2. The van der Waals surface area contributed by atoms with E-state index in [1.807, 2.05) is 24.3 Å². The van der Waals surface area contributed by atoms with Gasteiger partial charge in [0.05, 0.1) is 31.6 Å². The summed E-state index contributed by atoms with van der Waals surface area (Å²) < 4.78 is 17.4. The number of carbonyl (C=O) groups is 1. The molecule has 2 saturated heterocycles. The zero-order valence-electron chi connectivity index (χ0n) is 21.6. The number of hydrogen-bond donors (Lipinski definition) is 1. The lowest BCUT2D eigenvalue weighted by atomic mass is 9.93. The topological polar surface area (TPSA) is 72.9 Å². The number of ether oxygens (including phenoxy) is 3. The van der Waals surface area contributed by atoms with Crippen LogP contribution in [0.15, 0.2) is 48.5 Å². The van der Waals surface area contributed by atoms with Gasteiger partial charge in [0.15, 0.2) is 0 Å². The van der Waals surface area contributed by atoms with E-state index in [0.717, 1.165) is 47.9 Å². The normalized spacial score (nSPS) is 22.1. The smallest absolute Gasteiger partial charge is 0.313 e. The second kappa shape index (κ2) is 9.80. The molecule has 3 aliphatic heterocycles. The number of morpholine rings is 1. The van der Waals surface area contributed by atoms with Crippen molar-refractivity contribution in [2.45, 2.75) is 45.6 Å². The van der Waals surface area contributed by atoms with Gasteiger partial charge in [-0.25, -0.2) is 4.98 Å². The highest BCUT2D eigenvalue weighted by Gasteiger charge is 2.53. The number of hydrogen-bond acceptors (Lipinski definition) is 7. The number of rotatable bonds is 6. The lowest BCUT2D eigenvalue weighted by Crippen LogP contribution is -2.39. The fourth-order valence-corrected chi connectivity index (χ4v) is 6.06.